The Kier molecular flexibility index (Phi) is 3.87. The van der Waals surface area contributed by atoms with E-state index in [9.17, 15) is 0 Å². The van der Waals surface area contributed by atoms with Gasteiger partial charge in [-0.25, -0.2) is 9.97 Å². The lowest BCUT2D eigenvalue weighted by Gasteiger charge is -2.33. The molecule has 1 aliphatic rings. The van der Waals surface area contributed by atoms with Crippen LogP contribution in [0.15, 0.2) is 28.3 Å². The van der Waals surface area contributed by atoms with Crippen molar-refractivity contribution in [1.82, 2.24) is 24.4 Å². The normalized spacial score (nSPS) is 18.3. The number of imidazole rings is 2. The summed E-state index contributed by atoms with van der Waals surface area (Å²) in [5.74, 6) is 2.10. The highest BCUT2D eigenvalue weighted by Gasteiger charge is 2.28. The summed E-state index contributed by atoms with van der Waals surface area (Å²) >= 11 is 5.35. The van der Waals surface area contributed by atoms with E-state index in [1.807, 2.05) is 6.20 Å². The summed E-state index contributed by atoms with van der Waals surface area (Å²) in [5.41, 5.74) is 2.21. The molecule has 0 bridgehead atoms. The molecule has 1 atom stereocenters. The van der Waals surface area contributed by atoms with Crippen LogP contribution in [-0.2, 0) is 13.1 Å². The average Bonchev–Trinajstić information content (AvgIpc) is 3.25. The van der Waals surface area contributed by atoms with Crippen molar-refractivity contribution < 1.29 is 0 Å². The Balaban J connectivity index is 1.54. The van der Waals surface area contributed by atoms with Crippen LogP contribution in [0.4, 0.5) is 0 Å². The van der Waals surface area contributed by atoms with Crippen molar-refractivity contribution in [3.05, 3.63) is 45.5 Å². The van der Waals surface area contributed by atoms with Crippen LogP contribution < -0.4 is 0 Å². The van der Waals surface area contributed by atoms with E-state index < -0.39 is 0 Å². The molecule has 0 saturated carbocycles. The summed E-state index contributed by atoms with van der Waals surface area (Å²) in [6.45, 7) is 7.11. The molecular weight excluding hydrogens is 374 g/mol. The van der Waals surface area contributed by atoms with E-state index in [1.165, 1.54) is 4.88 Å². The predicted molar refractivity (Wildman–Crippen MR) is 95.4 cm³/mol. The average molecular weight is 392 g/mol. The van der Waals surface area contributed by atoms with Gasteiger partial charge in [-0.05, 0) is 41.2 Å². The third kappa shape index (κ3) is 2.66. The molecule has 120 valence electrons. The van der Waals surface area contributed by atoms with Gasteiger partial charge in [-0.1, -0.05) is 6.07 Å². The zero-order valence-electron chi connectivity index (χ0n) is 13.1. The number of thiophene rings is 1. The highest BCUT2D eigenvalue weighted by molar-refractivity contribution is 9.10. The fraction of sp³-hybridized carbons (Fsp3) is 0.375. The quantitative estimate of drug-likeness (QED) is 0.734. The molecule has 1 N–H and O–H groups in total. The van der Waals surface area contributed by atoms with Crippen molar-refractivity contribution in [2.45, 2.75) is 33.0 Å². The van der Waals surface area contributed by atoms with Crippen LogP contribution in [0.3, 0.4) is 0 Å². The molecule has 0 radical (unpaired) electrons. The molecular formula is C16H18BrN5S. The molecule has 0 aromatic carbocycles. The Morgan fingerprint density at radius 1 is 1.43 bits per heavy atom. The van der Waals surface area contributed by atoms with E-state index in [1.54, 1.807) is 11.3 Å². The largest absolute Gasteiger partial charge is 0.340 e. The van der Waals surface area contributed by atoms with Crippen LogP contribution in [0.5, 0.6) is 0 Å². The highest BCUT2D eigenvalue weighted by atomic mass is 79.9. The van der Waals surface area contributed by atoms with E-state index in [-0.39, 0.29) is 0 Å². The van der Waals surface area contributed by atoms with E-state index in [4.69, 9.17) is 4.98 Å². The van der Waals surface area contributed by atoms with Crippen molar-refractivity contribution in [2.75, 3.05) is 6.54 Å². The molecule has 7 heteroatoms. The first-order valence-corrected chi connectivity index (χ1v) is 9.35. The van der Waals surface area contributed by atoms with Gasteiger partial charge in [0, 0.05) is 31.5 Å². The fourth-order valence-corrected chi connectivity index (χ4v) is 4.23. The number of aromatic nitrogens is 4. The standard InChI is InChI=1S/C16H18BrN5S/c1-10-14(17)22-6-5-21(11(2)16(22)19-10)9-12-8-18-15(20-12)13-4-3-7-23-13/h3-4,7-8,11H,5-6,9H2,1-2H3,(H,18,20). The zero-order chi connectivity index (χ0) is 16.0. The molecule has 1 aliphatic heterocycles. The summed E-state index contributed by atoms with van der Waals surface area (Å²) in [6, 6.07) is 4.44. The van der Waals surface area contributed by atoms with E-state index in [2.05, 4.69) is 66.7 Å². The molecule has 0 fully saturated rings. The molecule has 0 saturated heterocycles. The molecule has 0 aliphatic carbocycles. The second-order valence-corrected chi connectivity index (χ2v) is 7.58. The minimum absolute atomic E-state index is 0.294. The Bertz CT molecular complexity index is 820. The van der Waals surface area contributed by atoms with Crippen LogP contribution >= 0.6 is 27.3 Å². The SMILES string of the molecule is Cc1nc2n(c1Br)CCN(Cc1cnc(-c3cccs3)[nH]1)C2C. The maximum absolute atomic E-state index is 4.72. The lowest BCUT2D eigenvalue weighted by atomic mass is 10.2. The van der Waals surface area contributed by atoms with Gasteiger partial charge >= 0.3 is 0 Å². The molecule has 4 rings (SSSR count). The second-order valence-electron chi connectivity index (χ2n) is 5.88. The van der Waals surface area contributed by atoms with Gasteiger partial charge in [-0.15, -0.1) is 11.3 Å². The van der Waals surface area contributed by atoms with Crippen LogP contribution in [0.2, 0.25) is 0 Å². The van der Waals surface area contributed by atoms with Gasteiger partial charge in [-0.3, -0.25) is 4.90 Å². The lowest BCUT2D eigenvalue weighted by molar-refractivity contribution is 0.154. The van der Waals surface area contributed by atoms with Crippen molar-refractivity contribution in [2.24, 2.45) is 0 Å². The number of nitrogens with one attached hydrogen (secondary N) is 1. The van der Waals surface area contributed by atoms with E-state index in [0.717, 1.165) is 47.3 Å². The van der Waals surface area contributed by atoms with Crippen molar-refractivity contribution in [3.8, 4) is 10.7 Å². The number of nitrogens with zero attached hydrogens (tertiary/aromatic N) is 4. The van der Waals surface area contributed by atoms with Crippen molar-refractivity contribution in [1.29, 1.82) is 0 Å². The maximum atomic E-state index is 4.72. The van der Waals surface area contributed by atoms with Crippen molar-refractivity contribution in [3.63, 3.8) is 0 Å². The van der Waals surface area contributed by atoms with Gasteiger partial charge < -0.3 is 9.55 Å². The summed E-state index contributed by atoms with van der Waals surface area (Å²) < 4.78 is 3.39. The molecule has 0 amide bonds. The smallest absolute Gasteiger partial charge is 0.147 e. The number of H-pyrrole nitrogens is 1. The number of fused-ring (bicyclic) bond motifs is 1. The van der Waals surface area contributed by atoms with Crippen LogP contribution in [0, 0.1) is 6.92 Å². The predicted octanol–water partition coefficient (Wildman–Crippen LogP) is 3.98. The topological polar surface area (TPSA) is 49.7 Å². The van der Waals surface area contributed by atoms with Gasteiger partial charge in [0.25, 0.3) is 0 Å². The Morgan fingerprint density at radius 3 is 3.09 bits per heavy atom. The molecule has 23 heavy (non-hydrogen) atoms. The number of aromatic amines is 1. The summed E-state index contributed by atoms with van der Waals surface area (Å²) in [7, 11) is 0. The minimum Gasteiger partial charge on any atom is -0.340 e. The highest BCUT2D eigenvalue weighted by Crippen LogP contribution is 2.30. The number of rotatable bonds is 3. The maximum Gasteiger partial charge on any atom is 0.147 e. The van der Waals surface area contributed by atoms with Crippen LogP contribution in [0.1, 0.15) is 30.2 Å². The third-order valence-electron chi connectivity index (χ3n) is 4.38. The van der Waals surface area contributed by atoms with Gasteiger partial charge in [0.1, 0.15) is 16.3 Å². The number of hydrogen-bond acceptors (Lipinski definition) is 4. The minimum atomic E-state index is 0.294. The molecule has 3 aromatic rings. The van der Waals surface area contributed by atoms with E-state index >= 15 is 0 Å². The monoisotopic (exact) mass is 391 g/mol. The number of hydrogen-bond donors (Lipinski definition) is 1. The molecule has 3 aromatic heterocycles. The van der Waals surface area contributed by atoms with Crippen LogP contribution in [0.25, 0.3) is 10.7 Å². The lowest BCUT2D eigenvalue weighted by Crippen LogP contribution is -2.36. The fourth-order valence-electron chi connectivity index (χ4n) is 3.10. The van der Waals surface area contributed by atoms with Crippen LogP contribution in [-0.4, -0.2) is 31.0 Å². The summed E-state index contributed by atoms with van der Waals surface area (Å²) in [5, 5.41) is 2.07. The number of halogens is 1. The van der Waals surface area contributed by atoms with Gasteiger partial charge in [0.05, 0.1) is 16.6 Å². The third-order valence-corrected chi connectivity index (χ3v) is 6.26. The first kappa shape index (κ1) is 15.1. The van der Waals surface area contributed by atoms with Crippen molar-refractivity contribution >= 4 is 27.3 Å². The Labute approximate surface area is 147 Å². The molecule has 1 unspecified atom stereocenters. The second kappa shape index (κ2) is 5.89. The van der Waals surface area contributed by atoms with Gasteiger partial charge in [-0.2, -0.15) is 0 Å². The Hall–Kier alpha value is -1.44. The molecule has 5 nitrogen and oxygen atoms in total. The van der Waals surface area contributed by atoms with Gasteiger partial charge in [0.15, 0.2) is 0 Å². The Morgan fingerprint density at radius 2 is 2.30 bits per heavy atom. The zero-order valence-corrected chi connectivity index (χ0v) is 15.5. The number of aryl methyl sites for hydroxylation is 1. The molecule has 4 heterocycles. The molecule has 0 spiro atoms. The summed E-state index contributed by atoms with van der Waals surface area (Å²) in [4.78, 5) is 16.3. The van der Waals surface area contributed by atoms with E-state index in [0.29, 0.717) is 6.04 Å². The summed E-state index contributed by atoms with van der Waals surface area (Å²) in [6.07, 6.45) is 1.95. The first-order chi connectivity index (χ1) is 11.1. The van der Waals surface area contributed by atoms with Gasteiger partial charge in [0.2, 0.25) is 0 Å². The first-order valence-electron chi connectivity index (χ1n) is 7.68.